The van der Waals surface area contributed by atoms with Gasteiger partial charge >= 0.3 is 0 Å². The zero-order valence-electron chi connectivity index (χ0n) is 8.59. The summed E-state index contributed by atoms with van der Waals surface area (Å²) in [5.41, 5.74) is -0.224. The van der Waals surface area contributed by atoms with Crippen molar-refractivity contribution < 1.29 is 13.9 Å². The molecule has 0 aliphatic carbocycles. The molecule has 0 bridgehead atoms. The molecule has 15 heavy (non-hydrogen) atoms. The lowest BCUT2D eigenvalue weighted by molar-refractivity contribution is -0.133. The third-order valence-electron chi connectivity index (χ3n) is 1.99. The van der Waals surface area contributed by atoms with E-state index in [0.29, 0.717) is 0 Å². The van der Waals surface area contributed by atoms with E-state index in [0.717, 1.165) is 5.56 Å². The summed E-state index contributed by atoms with van der Waals surface area (Å²) in [7, 11) is 0. The normalized spacial score (nSPS) is 11.5. The fourth-order valence-corrected chi connectivity index (χ4v) is 0.956. The number of rotatable bonds is 4. The van der Waals surface area contributed by atoms with E-state index in [4.69, 9.17) is 16.3 Å². The van der Waals surface area contributed by atoms with Crippen LogP contribution in [-0.2, 0) is 16.1 Å². The number of ether oxygens (including phenoxy) is 1. The Morgan fingerprint density at radius 2 is 1.93 bits per heavy atom. The Hall–Kier alpha value is -0.930. The molecule has 0 aromatic heterocycles. The lowest BCUT2D eigenvalue weighted by Gasteiger charge is -2.20. The Labute approximate surface area is 93.0 Å². The van der Waals surface area contributed by atoms with Crippen molar-refractivity contribution in [1.82, 2.24) is 0 Å². The van der Waals surface area contributed by atoms with Crippen molar-refractivity contribution in [3.8, 4) is 0 Å². The second kappa shape index (κ2) is 4.73. The molecular formula is C11H12ClFO2. The molecule has 0 heterocycles. The highest BCUT2D eigenvalue weighted by atomic mass is 35.5. The molecule has 0 N–H and O–H groups in total. The van der Waals surface area contributed by atoms with Crippen molar-refractivity contribution in [3.63, 3.8) is 0 Å². The predicted octanol–water partition coefficient (Wildman–Crippen LogP) is 2.89. The highest BCUT2D eigenvalue weighted by Gasteiger charge is 2.26. The zero-order valence-corrected chi connectivity index (χ0v) is 9.34. The molecule has 0 atom stereocenters. The molecule has 0 unspecified atom stereocenters. The Morgan fingerprint density at radius 3 is 2.40 bits per heavy atom. The number of halogens is 2. The van der Waals surface area contributed by atoms with Crippen LogP contribution in [0.4, 0.5) is 4.39 Å². The average molecular weight is 231 g/mol. The van der Waals surface area contributed by atoms with E-state index in [9.17, 15) is 9.18 Å². The van der Waals surface area contributed by atoms with Gasteiger partial charge in [0.15, 0.2) is 0 Å². The summed E-state index contributed by atoms with van der Waals surface area (Å²) in [4.78, 5) is 10.9. The largest absolute Gasteiger partial charge is 0.362 e. The molecule has 2 nitrogen and oxygen atoms in total. The van der Waals surface area contributed by atoms with Crippen molar-refractivity contribution in [1.29, 1.82) is 0 Å². The van der Waals surface area contributed by atoms with Gasteiger partial charge in [0, 0.05) is 0 Å². The van der Waals surface area contributed by atoms with Gasteiger partial charge < -0.3 is 4.74 Å². The van der Waals surface area contributed by atoms with Crippen LogP contribution in [0.5, 0.6) is 0 Å². The van der Waals surface area contributed by atoms with Gasteiger partial charge in [-0.1, -0.05) is 12.1 Å². The summed E-state index contributed by atoms with van der Waals surface area (Å²) < 4.78 is 17.9. The molecular weight excluding hydrogens is 219 g/mol. The number of benzene rings is 1. The van der Waals surface area contributed by atoms with E-state index in [2.05, 4.69) is 0 Å². The van der Waals surface area contributed by atoms with Crippen molar-refractivity contribution in [2.24, 2.45) is 0 Å². The van der Waals surface area contributed by atoms with Crippen LogP contribution in [0.25, 0.3) is 0 Å². The third kappa shape index (κ3) is 3.61. The smallest absolute Gasteiger partial charge is 0.253 e. The van der Waals surface area contributed by atoms with Crippen LogP contribution >= 0.6 is 11.6 Å². The van der Waals surface area contributed by atoms with Gasteiger partial charge in [-0.2, -0.15) is 0 Å². The van der Waals surface area contributed by atoms with Gasteiger partial charge in [-0.15, -0.1) is 0 Å². The molecule has 82 valence electrons. The Bertz CT molecular complexity index is 346. The van der Waals surface area contributed by atoms with E-state index in [1.807, 2.05) is 0 Å². The monoisotopic (exact) mass is 230 g/mol. The number of carbonyl (C=O) groups is 1. The Kier molecular flexibility index (Phi) is 3.83. The van der Waals surface area contributed by atoms with Gasteiger partial charge in [0.2, 0.25) is 0 Å². The minimum atomic E-state index is -1.02. The number of carbonyl (C=O) groups excluding carboxylic acids is 1. The average Bonchev–Trinajstić information content (AvgIpc) is 2.17. The van der Waals surface area contributed by atoms with Crippen LogP contribution in [0.2, 0.25) is 0 Å². The molecule has 0 radical (unpaired) electrons. The van der Waals surface area contributed by atoms with E-state index < -0.39 is 10.8 Å². The van der Waals surface area contributed by atoms with Crippen molar-refractivity contribution in [3.05, 3.63) is 35.6 Å². The molecule has 1 aromatic rings. The molecule has 0 amide bonds. The third-order valence-corrected chi connectivity index (χ3v) is 2.44. The van der Waals surface area contributed by atoms with Gasteiger partial charge in [0.05, 0.1) is 6.61 Å². The second-order valence-electron chi connectivity index (χ2n) is 3.70. The lowest BCUT2D eigenvalue weighted by Crippen LogP contribution is -2.31. The maximum atomic E-state index is 12.6. The summed E-state index contributed by atoms with van der Waals surface area (Å²) in [5.74, 6) is -0.300. The molecule has 1 rings (SSSR count). The van der Waals surface area contributed by atoms with E-state index in [1.54, 1.807) is 26.0 Å². The van der Waals surface area contributed by atoms with Crippen LogP contribution in [0.15, 0.2) is 24.3 Å². The first-order chi connectivity index (χ1) is 6.92. The summed E-state index contributed by atoms with van der Waals surface area (Å²) >= 11 is 5.34. The van der Waals surface area contributed by atoms with Crippen LogP contribution in [0, 0.1) is 5.82 Å². The Balaban J connectivity index is 2.57. The molecule has 0 saturated heterocycles. The summed E-state index contributed by atoms with van der Waals surface area (Å²) in [6.45, 7) is 3.41. The van der Waals surface area contributed by atoms with Gasteiger partial charge in [0.25, 0.3) is 5.24 Å². The van der Waals surface area contributed by atoms with Crippen molar-refractivity contribution >= 4 is 16.8 Å². The minimum absolute atomic E-state index is 0.228. The molecule has 0 aliphatic rings. The Morgan fingerprint density at radius 1 is 1.40 bits per heavy atom. The first-order valence-electron chi connectivity index (χ1n) is 4.50. The molecule has 0 spiro atoms. The second-order valence-corrected chi connectivity index (χ2v) is 4.04. The first kappa shape index (κ1) is 12.1. The highest BCUT2D eigenvalue weighted by molar-refractivity contribution is 6.65. The quantitative estimate of drug-likeness (QED) is 0.744. The zero-order chi connectivity index (χ0) is 11.5. The summed E-state index contributed by atoms with van der Waals surface area (Å²) in [6.07, 6.45) is 0. The number of hydrogen-bond donors (Lipinski definition) is 0. The predicted molar refractivity (Wildman–Crippen MR) is 56.1 cm³/mol. The first-order valence-corrected chi connectivity index (χ1v) is 4.88. The fraction of sp³-hybridized carbons (Fsp3) is 0.364. The molecule has 0 aliphatic heterocycles. The summed E-state index contributed by atoms with van der Waals surface area (Å²) in [6, 6.07) is 5.89. The lowest BCUT2D eigenvalue weighted by atomic mass is 10.1. The highest BCUT2D eigenvalue weighted by Crippen LogP contribution is 2.16. The van der Waals surface area contributed by atoms with Crippen molar-refractivity contribution in [2.45, 2.75) is 26.1 Å². The molecule has 0 fully saturated rings. The van der Waals surface area contributed by atoms with Gasteiger partial charge in [-0.3, -0.25) is 4.79 Å². The standard InChI is InChI=1S/C11H12ClFO2/c1-11(2,10(12)14)15-7-8-3-5-9(13)6-4-8/h3-6H,7H2,1-2H3. The maximum absolute atomic E-state index is 12.6. The van der Waals surface area contributed by atoms with Crippen LogP contribution in [0.1, 0.15) is 19.4 Å². The molecule has 1 aromatic carbocycles. The van der Waals surface area contributed by atoms with Gasteiger partial charge in [0.1, 0.15) is 11.4 Å². The fourth-order valence-electron chi connectivity index (χ4n) is 0.901. The SMILES string of the molecule is CC(C)(OCc1ccc(F)cc1)C(=O)Cl. The summed E-state index contributed by atoms with van der Waals surface area (Å²) in [5, 5.41) is -0.551. The topological polar surface area (TPSA) is 26.3 Å². The van der Waals surface area contributed by atoms with Gasteiger partial charge in [-0.25, -0.2) is 4.39 Å². The molecule has 0 saturated carbocycles. The number of hydrogen-bond acceptors (Lipinski definition) is 2. The van der Waals surface area contributed by atoms with E-state index in [-0.39, 0.29) is 12.4 Å². The van der Waals surface area contributed by atoms with Crippen LogP contribution in [-0.4, -0.2) is 10.8 Å². The maximum Gasteiger partial charge on any atom is 0.253 e. The van der Waals surface area contributed by atoms with Crippen molar-refractivity contribution in [2.75, 3.05) is 0 Å². The van der Waals surface area contributed by atoms with E-state index >= 15 is 0 Å². The van der Waals surface area contributed by atoms with Crippen LogP contribution in [0.3, 0.4) is 0 Å². The van der Waals surface area contributed by atoms with Crippen LogP contribution < -0.4 is 0 Å². The minimum Gasteiger partial charge on any atom is -0.362 e. The van der Waals surface area contributed by atoms with Gasteiger partial charge in [-0.05, 0) is 43.1 Å². The van der Waals surface area contributed by atoms with E-state index in [1.165, 1.54) is 12.1 Å². The molecule has 4 heteroatoms.